The van der Waals surface area contributed by atoms with E-state index in [-0.39, 0.29) is 11.7 Å². The second-order valence-electron chi connectivity index (χ2n) is 3.90. The highest BCUT2D eigenvalue weighted by Gasteiger charge is 2.25. The maximum Gasteiger partial charge on any atom is 0.374 e. The van der Waals surface area contributed by atoms with Crippen LogP contribution in [0, 0.1) is 5.92 Å². The summed E-state index contributed by atoms with van der Waals surface area (Å²) in [5.74, 6) is -1.08. The van der Waals surface area contributed by atoms with Crippen molar-refractivity contribution in [1.82, 2.24) is 0 Å². The van der Waals surface area contributed by atoms with Gasteiger partial charge in [0, 0.05) is 5.92 Å². The predicted octanol–water partition coefficient (Wildman–Crippen LogP) is 2.09. The van der Waals surface area contributed by atoms with Gasteiger partial charge in [0.1, 0.15) is 0 Å². The molecule has 14 heavy (non-hydrogen) atoms. The summed E-state index contributed by atoms with van der Waals surface area (Å²) in [5, 5.41) is 0. The van der Waals surface area contributed by atoms with E-state index in [1.165, 1.54) is 26.4 Å². The van der Waals surface area contributed by atoms with Gasteiger partial charge in [-0.1, -0.05) is 32.1 Å². The smallest absolute Gasteiger partial charge is 0.374 e. The van der Waals surface area contributed by atoms with Crippen molar-refractivity contribution in [1.29, 1.82) is 0 Å². The van der Waals surface area contributed by atoms with E-state index >= 15 is 0 Å². The van der Waals surface area contributed by atoms with Gasteiger partial charge in [0.2, 0.25) is 5.78 Å². The molecule has 3 heteroatoms. The number of carbonyl (C=O) groups is 2. The van der Waals surface area contributed by atoms with Gasteiger partial charge in [-0.05, 0) is 12.8 Å². The minimum absolute atomic E-state index is 0.0808. The highest BCUT2D eigenvalue weighted by molar-refractivity contribution is 6.34. The summed E-state index contributed by atoms with van der Waals surface area (Å²) in [6.45, 7) is 0. The van der Waals surface area contributed by atoms with Crippen LogP contribution >= 0.6 is 0 Å². The predicted molar refractivity (Wildman–Crippen MR) is 52.8 cm³/mol. The van der Waals surface area contributed by atoms with Crippen molar-refractivity contribution in [2.45, 2.75) is 44.9 Å². The number of rotatable bonds is 2. The van der Waals surface area contributed by atoms with Crippen molar-refractivity contribution in [3.63, 3.8) is 0 Å². The Morgan fingerprint density at radius 1 is 1.00 bits per heavy atom. The number of hydrogen-bond donors (Lipinski definition) is 0. The van der Waals surface area contributed by atoms with Gasteiger partial charge in [0.05, 0.1) is 7.11 Å². The molecule has 0 unspecified atom stereocenters. The van der Waals surface area contributed by atoms with E-state index in [4.69, 9.17) is 0 Å². The number of carbonyl (C=O) groups excluding carboxylic acids is 2. The van der Waals surface area contributed by atoms with Gasteiger partial charge in [-0.25, -0.2) is 4.79 Å². The summed E-state index contributed by atoms with van der Waals surface area (Å²) >= 11 is 0. The zero-order valence-electron chi connectivity index (χ0n) is 8.75. The molecule has 1 saturated carbocycles. The molecule has 0 spiro atoms. The summed E-state index contributed by atoms with van der Waals surface area (Å²) in [6.07, 6.45) is 7.47. The Labute approximate surface area is 84.8 Å². The minimum Gasteiger partial charge on any atom is -0.463 e. The monoisotopic (exact) mass is 198 g/mol. The Morgan fingerprint density at radius 3 is 2.00 bits per heavy atom. The van der Waals surface area contributed by atoms with Crippen LogP contribution in [0.2, 0.25) is 0 Å². The molecule has 1 aliphatic rings. The number of methoxy groups -OCH3 is 1. The average molecular weight is 198 g/mol. The van der Waals surface area contributed by atoms with Gasteiger partial charge in [-0.15, -0.1) is 0 Å². The molecule has 0 aliphatic heterocycles. The summed E-state index contributed by atoms with van der Waals surface area (Å²) < 4.78 is 4.45. The molecule has 80 valence electrons. The fourth-order valence-electron chi connectivity index (χ4n) is 1.99. The van der Waals surface area contributed by atoms with Crippen LogP contribution in [0.5, 0.6) is 0 Å². The van der Waals surface area contributed by atoms with Crippen LogP contribution in [-0.4, -0.2) is 18.9 Å². The zero-order valence-corrected chi connectivity index (χ0v) is 8.75. The van der Waals surface area contributed by atoms with E-state index in [0.29, 0.717) is 0 Å². The van der Waals surface area contributed by atoms with E-state index in [9.17, 15) is 9.59 Å². The third-order valence-electron chi connectivity index (χ3n) is 2.86. The minimum atomic E-state index is -0.671. The van der Waals surface area contributed by atoms with Gasteiger partial charge >= 0.3 is 5.97 Å². The van der Waals surface area contributed by atoms with Crippen LogP contribution in [0.1, 0.15) is 44.9 Å². The molecule has 1 aliphatic carbocycles. The van der Waals surface area contributed by atoms with Crippen LogP contribution < -0.4 is 0 Å². The molecule has 0 aromatic heterocycles. The van der Waals surface area contributed by atoms with Crippen LogP contribution in [0.15, 0.2) is 0 Å². The van der Waals surface area contributed by atoms with Gasteiger partial charge in [0.15, 0.2) is 0 Å². The van der Waals surface area contributed by atoms with Crippen molar-refractivity contribution in [3.05, 3.63) is 0 Å². The van der Waals surface area contributed by atoms with Gasteiger partial charge in [-0.2, -0.15) is 0 Å². The van der Waals surface area contributed by atoms with Crippen LogP contribution in [-0.2, 0) is 14.3 Å². The Kier molecular flexibility index (Phi) is 4.63. The van der Waals surface area contributed by atoms with E-state index in [1.807, 2.05) is 0 Å². The first kappa shape index (κ1) is 11.2. The Balaban J connectivity index is 2.47. The van der Waals surface area contributed by atoms with Gasteiger partial charge in [-0.3, -0.25) is 4.79 Å². The second kappa shape index (κ2) is 5.78. The Morgan fingerprint density at radius 2 is 1.50 bits per heavy atom. The molecule has 1 fully saturated rings. The quantitative estimate of drug-likeness (QED) is 0.504. The number of esters is 1. The normalized spacial score (nSPS) is 19.5. The molecule has 3 nitrogen and oxygen atoms in total. The lowest BCUT2D eigenvalue weighted by atomic mass is 9.88. The van der Waals surface area contributed by atoms with Crippen LogP contribution in [0.4, 0.5) is 0 Å². The maximum absolute atomic E-state index is 11.5. The highest BCUT2D eigenvalue weighted by atomic mass is 16.5. The van der Waals surface area contributed by atoms with Crippen molar-refractivity contribution < 1.29 is 14.3 Å². The fourth-order valence-corrected chi connectivity index (χ4v) is 1.99. The van der Waals surface area contributed by atoms with Gasteiger partial charge in [0.25, 0.3) is 0 Å². The van der Waals surface area contributed by atoms with Crippen molar-refractivity contribution >= 4 is 11.8 Å². The number of ketones is 1. The highest BCUT2D eigenvalue weighted by Crippen LogP contribution is 2.23. The molecule has 0 amide bonds. The van der Waals surface area contributed by atoms with Crippen molar-refractivity contribution in [2.75, 3.05) is 7.11 Å². The fraction of sp³-hybridized carbons (Fsp3) is 0.818. The molecular weight excluding hydrogens is 180 g/mol. The first-order valence-corrected chi connectivity index (χ1v) is 5.38. The second-order valence-corrected chi connectivity index (χ2v) is 3.90. The lowest BCUT2D eigenvalue weighted by molar-refractivity contribution is -0.153. The Bertz CT molecular complexity index is 203. The van der Waals surface area contributed by atoms with E-state index in [1.54, 1.807) is 0 Å². The number of Topliss-reactive ketones (excluding diaryl/α,β-unsaturated/α-hetero) is 1. The lowest BCUT2D eigenvalue weighted by Crippen LogP contribution is -2.25. The largest absolute Gasteiger partial charge is 0.463 e. The molecule has 0 aromatic rings. The first-order chi connectivity index (χ1) is 6.75. The number of hydrogen-bond acceptors (Lipinski definition) is 3. The molecule has 0 atom stereocenters. The van der Waals surface area contributed by atoms with E-state index in [2.05, 4.69) is 4.74 Å². The SMILES string of the molecule is COC(=O)C(=O)C1CCCCCCC1. The zero-order chi connectivity index (χ0) is 10.4. The van der Waals surface area contributed by atoms with E-state index < -0.39 is 5.97 Å². The van der Waals surface area contributed by atoms with E-state index in [0.717, 1.165) is 25.7 Å². The average Bonchev–Trinajstić information content (AvgIpc) is 2.15. The molecule has 0 bridgehead atoms. The molecule has 0 radical (unpaired) electrons. The topological polar surface area (TPSA) is 43.4 Å². The van der Waals surface area contributed by atoms with Crippen LogP contribution in [0.25, 0.3) is 0 Å². The molecule has 0 heterocycles. The third kappa shape index (κ3) is 3.13. The molecular formula is C11H18O3. The lowest BCUT2D eigenvalue weighted by Gasteiger charge is -2.16. The summed E-state index contributed by atoms with van der Waals surface area (Å²) in [6, 6.07) is 0. The third-order valence-corrected chi connectivity index (χ3v) is 2.86. The standard InChI is InChI=1S/C11H18O3/c1-14-11(13)10(12)9-7-5-3-2-4-6-8-9/h9H,2-8H2,1H3. The maximum atomic E-state index is 11.5. The van der Waals surface area contributed by atoms with Crippen molar-refractivity contribution in [2.24, 2.45) is 5.92 Å². The molecule has 1 rings (SSSR count). The summed E-state index contributed by atoms with van der Waals surface area (Å²) in [5.41, 5.74) is 0. The first-order valence-electron chi connectivity index (χ1n) is 5.38. The summed E-state index contributed by atoms with van der Waals surface area (Å²) in [4.78, 5) is 22.6. The van der Waals surface area contributed by atoms with Crippen molar-refractivity contribution in [3.8, 4) is 0 Å². The molecule has 0 saturated heterocycles. The Hall–Kier alpha value is -0.860. The molecule has 0 aromatic carbocycles. The molecule has 0 N–H and O–H groups in total. The van der Waals surface area contributed by atoms with Crippen LogP contribution in [0.3, 0.4) is 0 Å². The number of ether oxygens (including phenoxy) is 1. The summed E-state index contributed by atoms with van der Waals surface area (Å²) in [7, 11) is 1.27. The van der Waals surface area contributed by atoms with Gasteiger partial charge < -0.3 is 4.74 Å².